The van der Waals surface area contributed by atoms with Gasteiger partial charge in [0, 0.05) is 38.8 Å². The SMILES string of the molecule is O=C(Nc1ccc(Nc2ccnc3[nH]c(=O)c4cc(Cl)ccc4c23)cc1)c1ccc(F)cc1C(F)(F)F. The molecule has 0 unspecified atom stereocenters. The first kappa shape index (κ1) is 24.3. The molecule has 6 nitrogen and oxygen atoms in total. The standard InChI is InChI=1S/C26H15ClF4N4O2/c27-13-1-7-17-19(11-13)25(37)35-23-22(17)21(9-10-32-23)33-15-3-5-16(6-4-15)34-24(36)18-8-2-14(28)12-20(18)26(29,30)31/h1-12H,(H,34,36)(H2,32,33,35,37). The molecular formula is C26H15ClF4N4O2. The molecule has 0 radical (unpaired) electrons. The number of anilines is 3. The Morgan fingerprint density at radius 1 is 0.919 bits per heavy atom. The molecule has 2 heterocycles. The average molecular weight is 527 g/mol. The van der Waals surface area contributed by atoms with Crippen molar-refractivity contribution in [3.05, 3.63) is 105 Å². The highest BCUT2D eigenvalue weighted by atomic mass is 35.5. The Bertz CT molecular complexity index is 1730. The molecule has 186 valence electrons. The van der Waals surface area contributed by atoms with Crippen LogP contribution in [0.3, 0.4) is 0 Å². The minimum atomic E-state index is -4.89. The van der Waals surface area contributed by atoms with Crippen LogP contribution in [0, 0.1) is 5.82 Å². The highest BCUT2D eigenvalue weighted by Gasteiger charge is 2.35. The second-order valence-electron chi connectivity index (χ2n) is 8.07. The zero-order chi connectivity index (χ0) is 26.3. The number of hydrogen-bond donors (Lipinski definition) is 3. The third-order valence-electron chi connectivity index (χ3n) is 5.63. The molecule has 2 aromatic heterocycles. The summed E-state index contributed by atoms with van der Waals surface area (Å²) in [7, 11) is 0. The van der Waals surface area contributed by atoms with E-state index in [0.29, 0.717) is 38.2 Å². The van der Waals surface area contributed by atoms with Gasteiger partial charge < -0.3 is 15.6 Å². The molecule has 0 spiro atoms. The van der Waals surface area contributed by atoms with Crippen LogP contribution in [0.15, 0.2) is 77.7 Å². The minimum Gasteiger partial charge on any atom is -0.355 e. The van der Waals surface area contributed by atoms with Crippen molar-refractivity contribution < 1.29 is 22.4 Å². The van der Waals surface area contributed by atoms with Gasteiger partial charge in [-0.05, 0) is 60.7 Å². The van der Waals surface area contributed by atoms with E-state index in [2.05, 4.69) is 20.6 Å². The number of halogens is 5. The maximum Gasteiger partial charge on any atom is 0.417 e. The fourth-order valence-electron chi connectivity index (χ4n) is 3.97. The highest BCUT2D eigenvalue weighted by molar-refractivity contribution is 6.31. The number of carbonyl (C=O) groups is 1. The lowest BCUT2D eigenvalue weighted by molar-refractivity contribution is -0.138. The summed E-state index contributed by atoms with van der Waals surface area (Å²) in [5.41, 5.74) is -0.558. The monoisotopic (exact) mass is 526 g/mol. The molecule has 11 heteroatoms. The fourth-order valence-corrected chi connectivity index (χ4v) is 4.14. The van der Waals surface area contributed by atoms with Gasteiger partial charge in [0.15, 0.2) is 0 Å². The molecule has 3 N–H and O–H groups in total. The number of nitrogens with one attached hydrogen (secondary N) is 3. The number of aromatic nitrogens is 2. The van der Waals surface area contributed by atoms with Crippen molar-refractivity contribution in [2.45, 2.75) is 6.18 Å². The van der Waals surface area contributed by atoms with Crippen LogP contribution in [-0.2, 0) is 6.18 Å². The van der Waals surface area contributed by atoms with E-state index in [-0.39, 0.29) is 17.3 Å². The van der Waals surface area contributed by atoms with Crippen molar-refractivity contribution in [2.24, 2.45) is 0 Å². The number of nitrogens with zero attached hydrogens (tertiary/aromatic N) is 1. The van der Waals surface area contributed by atoms with E-state index in [1.807, 2.05) is 0 Å². The summed E-state index contributed by atoms with van der Waals surface area (Å²) in [4.78, 5) is 31.9. The van der Waals surface area contributed by atoms with Gasteiger partial charge in [-0.3, -0.25) is 9.59 Å². The quantitative estimate of drug-likeness (QED) is 0.176. The average Bonchev–Trinajstić information content (AvgIpc) is 2.85. The van der Waals surface area contributed by atoms with Crippen LogP contribution in [0.1, 0.15) is 15.9 Å². The molecule has 0 aliphatic heterocycles. The van der Waals surface area contributed by atoms with E-state index in [0.717, 1.165) is 12.1 Å². The van der Waals surface area contributed by atoms with Crippen LogP contribution < -0.4 is 16.2 Å². The number of aromatic amines is 1. The molecule has 37 heavy (non-hydrogen) atoms. The Balaban J connectivity index is 1.43. The topological polar surface area (TPSA) is 86.9 Å². The summed E-state index contributed by atoms with van der Waals surface area (Å²) in [5, 5.41) is 7.72. The van der Waals surface area contributed by atoms with Crippen LogP contribution in [0.25, 0.3) is 21.8 Å². The predicted octanol–water partition coefficient (Wildman–Crippen LogP) is 6.88. The largest absolute Gasteiger partial charge is 0.417 e. The molecule has 0 aliphatic rings. The number of pyridine rings is 2. The first-order chi connectivity index (χ1) is 17.6. The number of H-pyrrole nitrogens is 1. The van der Waals surface area contributed by atoms with E-state index in [1.54, 1.807) is 36.4 Å². The lowest BCUT2D eigenvalue weighted by Crippen LogP contribution is -2.19. The van der Waals surface area contributed by atoms with Crippen molar-refractivity contribution in [1.29, 1.82) is 0 Å². The van der Waals surface area contributed by atoms with Gasteiger partial charge >= 0.3 is 6.18 Å². The Morgan fingerprint density at radius 2 is 1.65 bits per heavy atom. The van der Waals surface area contributed by atoms with E-state index >= 15 is 0 Å². The molecule has 5 aromatic rings. The Hall–Kier alpha value is -4.44. The molecule has 1 amide bonds. The third kappa shape index (κ3) is 4.83. The van der Waals surface area contributed by atoms with Gasteiger partial charge in [-0.2, -0.15) is 13.2 Å². The Kier molecular flexibility index (Phi) is 6.04. The smallest absolute Gasteiger partial charge is 0.355 e. The molecule has 0 fully saturated rings. The van der Waals surface area contributed by atoms with Gasteiger partial charge in [0.25, 0.3) is 11.5 Å². The van der Waals surface area contributed by atoms with Crippen LogP contribution in [0.4, 0.5) is 34.6 Å². The van der Waals surface area contributed by atoms with E-state index in [1.165, 1.54) is 18.3 Å². The van der Waals surface area contributed by atoms with Crippen LogP contribution in [0.5, 0.6) is 0 Å². The molecule has 0 bridgehead atoms. The number of benzene rings is 3. The maximum atomic E-state index is 13.3. The van der Waals surface area contributed by atoms with Gasteiger partial charge in [0.05, 0.1) is 16.8 Å². The number of alkyl halides is 3. The van der Waals surface area contributed by atoms with Crippen LogP contribution in [-0.4, -0.2) is 15.9 Å². The van der Waals surface area contributed by atoms with Gasteiger partial charge in [-0.15, -0.1) is 0 Å². The lowest BCUT2D eigenvalue weighted by atomic mass is 10.1. The molecule has 5 rings (SSSR count). The van der Waals surface area contributed by atoms with Gasteiger partial charge in [0.1, 0.15) is 11.5 Å². The van der Waals surface area contributed by atoms with Crippen LogP contribution in [0.2, 0.25) is 5.02 Å². The van der Waals surface area contributed by atoms with Crippen LogP contribution >= 0.6 is 11.6 Å². The predicted molar refractivity (Wildman–Crippen MR) is 134 cm³/mol. The number of fused-ring (bicyclic) bond motifs is 3. The van der Waals surface area contributed by atoms with Gasteiger partial charge in [-0.1, -0.05) is 17.7 Å². The molecule has 3 aromatic carbocycles. The number of amides is 1. The second kappa shape index (κ2) is 9.21. The second-order valence-corrected chi connectivity index (χ2v) is 8.51. The molecule has 0 saturated carbocycles. The molecule has 0 aliphatic carbocycles. The fraction of sp³-hybridized carbons (Fsp3) is 0.0385. The lowest BCUT2D eigenvalue weighted by Gasteiger charge is -2.14. The summed E-state index contributed by atoms with van der Waals surface area (Å²) >= 11 is 6.05. The van der Waals surface area contributed by atoms with Crippen molar-refractivity contribution in [3.63, 3.8) is 0 Å². The van der Waals surface area contributed by atoms with Crippen molar-refractivity contribution in [2.75, 3.05) is 10.6 Å². The molecule has 0 saturated heterocycles. The zero-order valence-corrected chi connectivity index (χ0v) is 19.3. The molecular weight excluding hydrogens is 512 g/mol. The number of rotatable bonds is 4. The highest BCUT2D eigenvalue weighted by Crippen LogP contribution is 2.34. The van der Waals surface area contributed by atoms with E-state index in [4.69, 9.17) is 11.6 Å². The first-order valence-corrected chi connectivity index (χ1v) is 11.1. The Labute approximate surface area is 210 Å². The Morgan fingerprint density at radius 3 is 2.38 bits per heavy atom. The maximum absolute atomic E-state index is 13.3. The van der Waals surface area contributed by atoms with Gasteiger partial charge in [-0.25, -0.2) is 9.37 Å². The number of hydrogen-bond acceptors (Lipinski definition) is 4. The molecule has 0 atom stereocenters. The zero-order valence-electron chi connectivity index (χ0n) is 18.6. The summed E-state index contributed by atoms with van der Waals surface area (Å²) in [6.07, 6.45) is -3.37. The van der Waals surface area contributed by atoms with E-state index in [9.17, 15) is 27.2 Å². The van der Waals surface area contributed by atoms with Crippen molar-refractivity contribution in [1.82, 2.24) is 9.97 Å². The van der Waals surface area contributed by atoms with E-state index < -0.39 is 29.0 Å². The minimum absolute atomic E-state index is 0.233. The summed E-state index contributed by atoms with van der Waals surface area (Å²) < 4.78 is 53.1. The van der Waals surface area contributed by atoms with Crippen molar-refractivity contribution >= 4 is 56.4 Å². The number of carbonyl (C=O) groups excluding carboxylic acids is 1. The summed E-state index contributed by atoms with van der Waals surface area (Å²) in [6, 6.07) is 14.8. The normalized spacial score (nSPS) is 11.6. The summed E-state index contributed by atoms with van der Waals surface area (Å²) in [5.74, 6) is -2.12. The summed E-state index contributed by atoms with van der Waals surface area (Å²) in [6.45, 7) is 0. The van der Waals surface area contributed by atoms with Gasteiger partial charge in [0.2, 0.25) is 0 Å². The van der Waals surface area contributed by atoms with Crippen molar-refractivity contribution in [3.8, 4) is 0 Å². The third-order valence-corrected chi connectivity index (χ3v) is 5.87. The first-order valence-electron chi connectivity index (χ1n) is 10.8.